The fourth-order valence-electron chi connectivity index (χ4n) is 2.25. The molecule has 136 valence electrons. The largest absolute Gasteiger partial charge is 0.350 e. The smallest absolute Gasteiger partial charge is 0.247 e. The Morgan fingerprint density at radius 2 is 1.77 bits per heavy atom. The van der Waals surface area contributed by atoms with Crippen molar-refractivity contribution in [2.75, 3.05) is 13.1 Å². The van der Waals surface area contributed by atoms with E-state index in [0.717, 1.165) is 5.56 Å². The molecular formula is C20H20F2N2O2. The number of carbonyl (C=O) groups is 2. The van der Waals surface area contributed by atoms with Gasteiger partial charge in [-0.05, 0) is 36.8 Å². The van der Waals surface area contributed by atoms with E-state index in [1.165, 1.54) is 35.3 Å². The van der Waals surface area contributed by atoms with Crippen LogP contribution in [0.25, 0.3) is 6.08 Å². The summed E-state index contributed by atoms with van der Waals surface area (Å²) in [5, 5.41) is 2.68. The Morgan fingerprint density at radius 1 is 1.08 bits per heavy atom. The molecule has 0 aliphatic heterocycles. The van der Waals surface area contributed by atoms with Gasteiger partial charge in [-0.25, -0.2) is 8.78 Å². The van der Waals surface area contributed by atoms with Crippen LogP contribution in [0.3, 0.4) is 0 Å². The number of nitrogens with zero attached hydrogens (tertiary/aromatic N) is 1. The summed E-state index contributed by atoms with van der Waals surface area (Å²) in [6, 6.07) is 11.9. The Morgan fingerprint density at radius 3 is 2.42 bits per heavy atom. The molecule has 0 aliphatic carbocycles. The fraction of sp³-hybridized carbons (Fsp3) is 0.200. The standard InChI is InChI=1S/C20H20F2N2O2/c1-2-24(20(26)12-9-16-5-3-4-6-18(16)22)14-19(25)23-13-15-7-10-17(21)11-8-15/h3-12H,2,13-14H2,1H3,(H,23,25)/b12-9+. The van der Waals surface area contributed by atoms with Gasteiger partial charge in [0.1, 0.15) is 11.6 Å². The molecule has 0 bridgehead atoms. The molecule has 2 aromatic carbocycles. The van der Waals surface area contributed by atoms with Gasteiger partial charge in [-0.2, -0.15) is 0 Å². The Labute approximate surface area is 151 Å². The number of halogens is 2. The number of rotatable bonds is 7. The third-order valence-corrected chi connectivity index (χ3v) is 3.74. The number of likely N-dealkylation sites (N-methyl/N-ethyl adjacent to an activating group) is 1. The van der Waals surface area contributed by atoms with E-state index in [-0.39, 0.29) is 30.7 Å². The van der Waals surface area contributed by atoms with Crippen LogP contribution in [0.15, 0.2) is 54.6 Å². The molecule has 0 spiro atoms. The molecule has 26 heavy (non-hydrogen) atoms. The van der Waals surface area contributed by atoms with Crippen molar-refractivity contribution >= 4 is 17.9 Å². The maximum Gasteiger partial charge on any atom is 0.247 e. The van der Waals surface area contributed by atoms with Crippen molar-refractivity contribution in [3.63, 3.8) is 0 Å². The van der Waals surface area contributed by atoms with E-state index >= 15 is 0 Å². The van der Waals surface area contributed by atoms with Crippen molar-refractivity contribution in [2.24, 2.45) is 0 Å². The lowest BCUT2D eigenvalue weighted by atomic mass is 10.2. The molecule has 0 heterocycles. The van der Waals surface area contributed by atoms with Gasteiger partial charge in [-0.1, -0.05) is 30.3 Å². The number of benzene rings is 2. The maximum absolute atomic E-state index is 13.6. The minimum Gasteiger partial charge on any atom is -0.350 e. The minimum absolute atomic E-state index is 0.113. The number of hydrogen-bond acceptors (Lipinski definition) is 2. The first-order valence-corrected chi connectivity index (χ1v) is 8.22. The number of carbonyl (C=O) groups excluding carboxylic acids is 2. The van der Waals surface area contributed by atoms with E-state index in [1.54, 1.807) is 37.3 Å². The zero-order valence-electron chi connectivity index (χ0n) is 14.4. The summed E-state index contributed by atoms with van der Waals surface area (Å²) in [5.41, 5.74) is 1.06. The summed E-state index contributed by atoms with van der Waals surface area (Å²) in [5.74, 6) is -1.47. The summed E-state index contributed by atoms with van der Waals surface area (Å²) >= 11 is 0. The van der Waals surface area contributed by atoms with Gasteiger partial charge < -0.3 is 10.2 Å². The lowest BCUT2D eigenvalue weighted by Gasteiger charge is -2.18. The molecular weight excluding hydrogens is 338 g/mol. The van der Waals surface area contributed by atoms with Gasteiger partial charge in [0.15, 0.2) is 0 Å². The van der Waals surface area contributed by atoms with E-state index in [9.17, 15) is 18.4 Å². The zero-order valence-corrected chi connectivity index (χ0v) is 14.4. The number of amides is 2. The third-order valence-electron chi connectivity index (χ3n) is 3.74. The van der Waals surface area contributed by atoms with Crippen LogP contribution in [-0.2, 0) is 16.1 Å². The molecule has 0 atom stereocenters. The average Bonchev–Trinajstić information content (AvgIpc) is 2.64. The van der Waals surface area contributed by atoms with Crippen LogP contribution in [0.5, 0.6) is 0 Å². The van der Waals surface area contributed by atoms with Gasteiger partial charge in [0.25, 0.3) is 0 Å². The molecule has 0 saturated heterocycles. The highest BCUT2D eigenvalue weighted by Gasteiger charge is 2.13. The van der Waals surface area contributed by atoms with Crippen molar-refractivity contribution < 1.29 is 18.4 Å². The van der Waals surface area contributed by atoms with Crippen LogP contribution in [0, 0.1) is 11.6 Å². The average molecular weight is 358 g/mol. The second kappa shape index (κ2) is 9.46. The van der Waals surface area contributed by atoms with Gasteiger partial charge in [0.2, 0.25) is 11.8 Å². The van der Waals surface area contributed by atoms with E-state index < -0.39 is 5.82 Å². The lowest BCUT2D eigenvalue weighted by Crippen LogP contribution is -2.39. The summed E-state index contributed by atoms with van der Waals surface area (Å²) in [6.07, 6.45) is 2.63. The van der Waals surface area contributed by atoms with Crippen molar-refractivity contribution in [3.8, 4) is 0 Å². The SMILES string of the molecule is CCN(CC(=O)NCc1ccc(F)cc1)C(=O)/C=C/c1ccccc1F. The topological polar surface area (TPSA) is 49.4 Å². The zero-order chi connectivity index (χ0) is 18.9. The first-order chi connectivity index (χ1) is 12.5. The van der Waals surface area contributed by atoms with E-state index in [1.807, 2.05) is 0 Å². The molecule has 6 heteroatoms. The molecule has 0 aliphatic rings. The molecule has 1 N–H and O–H groups in total. The first kappa shape index (κ1) is 19.3. The molecule has 2 aromatic rings. The first-order valence-electron chi connectivity index (χ1n) is 8.22. The number of nitrogens with one attached hydrogen (secondary N) is 1. The normalized spacial score (nSPS) is 10.7. The highest BCUT2D eigenvalue weighted by molar-refractivity contribution is 5.94. The second-order valence-electron chi connectivity index (χ2n) is 5.61. The molecule has 0 saturated carbocycles. The highest BCUT2D eigenvalue weighted by atomic mass is 19.1. The molecule has 0 aromatic heterocycles. The summed E-state index contributed by atoms with van der Waals surface area (Å²) in [4.78, 5) is 25.6. The summed E-state index contributed by atoms with van der Waals surface area (Å²) < 4.78 is 26.4. The van der Waals surface area contributed by atoms with Gasteiger partial charge in [-0.15, -0.1) is 0 Å². The van der Waals surface area contributed by atoms with Crippen LogP contribution < -0.4 is 5.32 Å². The van der Waals surface area contributed by atoms with Gasteiger partial charge >= 0.3 is 0 Å². The van der Waals surface area contributed by atoms with Crippen LogP contribution in [0.2, 0.25) is 0 Å². The van der Waals surface area contributed by atoms with Crippen molar-refractivity contribution in [1.29, 1.82) is 0 Å². The molecule has 0 radical (unpaired) electrons. The van der Waals surface area contributed by atoms with Crippen LogP contribution >= 0.6 is 0 Å². The van der Waals surface area contributed by atoms with Crippen molar-refractivity contribution in [3.05, 3.63) is 77.4 Å². The fourth-order valence-corrected chi connectivity index (χ4v) is 2.25. The van der Waals surface area contributed by atoms with E-state index in [2.05, 4.69) is 5.32 Å². The Kier molecular flexibility index (Phi) is 7.02. The highest BCUT2D eigenvalue weighted by Crippen LogP contribution is 2.08. The van der Waals surface area contributed by atoms with Crippen molar-refractivity contribution in [2.45, 2.75) is 13.5 Å². The second-order valence-corrected chi connectivity index (χ2v) is 5.61. The lowest BCUT2D eigenvalue weighted by molar-refractivity contribution is -0.132. The predicted molar refractivity (Wildman–Crippen MR) is 95.9 cm³/mol. The van der Waals surface area contributed by atoms with Gasteiger partial charge in [-0.3, -0.25) is 9.59 Å². The quantitative estimate of drug-likeness (QED) is 0.773. The monoisotopic (exact) mass is 358 g/mol. The summed E-state index contributed by atoms with van der Waals surface area (Å²) in [6.45, 7) is 2.22. The minimum atomic E-state index is -0.420. The third kappa shape index (κ3) is 5.81. The maximum atomic E-state index is 13.6. The molecule has 0 unspecified atom stereocenters. The molecule has 2 rings (SSSR count). The van der Waals surface area contributed by atoms with Crippen molar-refractivity contribution in [1.82, 2.24) is 10.2 Å². The summed E-state index contributed by atoms with van der Waals surface area (Å²) in [7, 11) is 0. The number of hydrogen-bond donors (Lipinski definition) is 1. The van der Waals surface area contributed by atoms with Crippen LogP contribution in [0.4, 0.5) is 8.78 Å². The molecule has 4 nitrogen and oxygen atoms in total. The van der Waals surface area contributed by atoms with Gasteiger partial charge in [0, 0.05) is 24.7 Å². The van der Waals surface area contributed by atoms with E-state index in [0.29, 0.717) is 12.1 Å². The Balaban J connectivity index is 1.88. The van der Waals surface area contributed by atoms with Gasteiger partial charge in [0.05, 0.1) is 6.54 Å². The predicted octanol–water partition coefficient (Wildman–Crippen LogP) is 3.14. The van der Waals surface area contributed by atoms with Crippen LogP contribution in [0.1, 0.15) is 18.1 Å². The van der Waals surface area contributed by atoms with E-state index in [4.69, 9.17) is 0 Å². The van der Waals surface area contributed by atoms with Crippen LogP contribution in [-0.4, -0.2) is 29.8 Å². The Bertz CT molecular complexity index is 789. The Hall–Kier alpha value is -3.02. The molecule has 2 amide bonds. The molecule has 0 fully saturated rings.